The summed E-state index contributed by atoms with van der Waals surface area (Å²) >= 11 is 0. The number of hydrogen-bond acceptors (Lipinski definition) is 5. The van der Waals surface area contributed by atoms with Crippen molar-refractivity contribution in [1.29, 1.82) is 0 Å². The molecule has 1 heterocycles. The van der Waals surface area contributed by atoms with Crippen molar-refractivity contribution in [2.75, 3.05) is 32.8 Å². The van der Waals surface area contributed by atoms with Crippen molar-refractivity contribution in [1.82, 2.24) is 4.90 Å². The Labute approximate surface area is 85.0 Å². The minimum atomic E-state index is -0.199. The number of nitrogens with zero attached hydrogens (tertiary/aromatic N) is 1. The van der Waals surface area contributed by atoms with Crippen molar-refractivity contribution < 1.29 is 9.84 Å². The van der Waals surface area contributed by atoms with Gasteiger partial charge in [-0.25, -0.2) is 0 Å². The molecule has 5 nitrogen and oxygen atoms in total. The lowest BCUT2D eigenvalue weighted by Gasteiger charge is -2.26. The van der Waals surface area contributed by atoms with Crippen LogP contribution in [-0.4, -0.2) is 55.1 Å². The van der Waals surface area contributed by atoms with Crippen LogP contribution < -0.4 is 11.5 Å². The van der Waals surface area contributed by atoms with E-state index in [9.17, 15) is 0 Å². The Hall–Kier alpha value is -0.200. The number of rotatable bonds is 6. The van der Waals surface area contributed by atoms with Crippen LogP contribution in [0.1, 0.15) is 12.8 Å². The van der Waals surface area contributed by atoms with E-state index < -0.39 is 0 Å². The molecule has 0 aromatic carbocycles. The lowest BCUT2D eigenvalue weighted by molar-refractivity contribution is -0.0809. The summed E-state index contributed by atoms with van der Waals surface area (Å²) in [4.78, 5) is 2.14. The summed E-state index contributed by atoms with van der Waals surface area (Å²) in [5, 5.41) is 9.13. The summed E-state index contributed by atoms with van der Waals surface area (Å²) in [5.74, 6) is 0. The maximum atomic E-state index is 9.13. The average molecular weight is 203 g/mol. The number of nitrogens with two attached hydrogens (primary N) is 2. The van der Waals surface area contributed by atoms with Crippen molar-refractivity contribution in [3.05, 3.63) is 0 Å². The van der Waals surface area contributed by atoms with Gasteiger partial charge in [0.2, 0.25) is 0 Å². The molecule has 0 radical (unpaired) electrons. The Balaban J connectivity index is 2.23. The summed E-state index contributed by atoms with van der Waals surface area (Å²) in [6, 6.07) is -0.133. The molecular formula is C9H21N3O2. The van der Waals surface area contributed by atoms with Gasteiger partial charge in [-0.05, 0) is 12.8 Å². The van der Waals surface area contributed by atoms with Crippen molar-refractivity contribution in [3.8, 4) is 0 Å². The molecule has 1 fully saturated rings. The normalized spacial score (nSPS) is 22.5. The molecule has 0 amide bonds. The lowest BCUT2D eigenvalue weighted by atomic mass is 10.3. The van der Waals surface area contributed by atoms with Gasteiger partial charge in [-0.15, -0.1) is 0 Å². The third kappa shape index (κ3) is 3.51. The molecule has 1 aliphatic heterocycles. The lowest BCUT2D eigenvalue weighted by Crippen LogP contribution is -2.42. The zero-order valence-corrected chi connectivity index (χ0v) is 8.56. The van der Waals surface area contributed by atoms with Crippen LogP contribution in [0.5, 0.6) is 0 Å². The molecule has 0 bridgehead atoms. The van der Waals surface area contributed by atoms with Gasteiger partial charge >= 0.3 is 0 Å². The van der Waals surface area contributed by atoms with Crippen molar-refractivity contribution in [2.45, 2.75) is 25.1 Å². The second-order valence-electron chi connectivity index (χ2n) is 3.71. The Bertz CT molecular complexity index is 151. The third-order valence-corrected chi connectivity index (χ3v) is 2.51. The Kier molecular flexibility index (Phi) is 5.36. The molecule has 1 aliphatic rings. The largest absolute Gasteiger partial charge is 0.392 e. The number of ether oxygens (including phenoxy) is 1. The molecule has 0 aliphatic carbocycles. The number of hydrogen-bond donors (Lipinski definition) is 3. The van der Waals surface area contributed by atoms with Crippen molar-refractivity contribution in [3.63, 3.8) is 0 Å². The standard InChI is InChI=1S/C9H21N3O2/c10-5-8(11)7-14-9(6-13)12-3-1-2-4-12/h8-9,13H,1-7,10-11H2. The molecule has 5 heteroatoms. The monoisotopic (exact) mass is 203 g/mol. The highest BCUT2D eigenvalue weighted by Crippen LogP contribution is 2.12. The van der Waals surface area contributed by atoms with Gasteiger partial charge in [-0.3, -0.25) is 4.90 Å². The smallest absolute Gasteiger partial charge is 0.134 e. The summed E-state index contributed by atoms with van der Waals surface area (Å²) < 4.78 is 5.50. The van der Waals surface area contributed by atoms with E-state index in [-0.39, 0.29) is 18.9 Å². The quantitative estimate of drug-likeness (QED) is 0.500. The average Bonchev–Trinajstić information content (AvgIpc) is 2.72. The zero-order chi connectivity index (χ0) is 10.4. The molecule has 14 heavy (non-hydrogen) atoms. The fourth-order valence-corrected chi connectivity index (χ4v) is 1.61. The second kappa shape index (κ2) is 6.31. The molecule has 0 spiro atoms. The maximum absolute atomic E-state index is 9.13. The second-order valence-corrected chi connectivity index (χ2v) is 3.71. The van der Waals surface area contributed by atoms with Crippen LogP contribution in [0.2, 0.25) is 0 Å². The van der Waals surface area contributed by atoms with E-state index in [1.165, 1.54) is 12.8 Å². The SMILES string of the molecule is NCC(N)COC(CO)N1CCCC1. The van der Waals surface area contributed by atoms with Gasteiger partial charge in [0.15, 0.2) is 0 Å². The highest BCUT2D eigenvalue weighted by molar-refractivity contribution is 4.70. The minimum Gasteiger partial charge on any atom is -0.392 e. The van der Waals surface area contributed by atoms with E-state index >= 15 is 0 Å². The zero-order valence-electron chi connectivity index (χ0n) is 8.56. The van der Waals surface area contributed by atoms with Crippen LogP contribution in [0, 0.1) is 0 Å². The predicted octanol–water partition coefficient (Wildman–Crippen LogP) is -1.30. The van der Waals surface area contributed by atoms with Gasteiger partial charge in [0.1, 0.15) is 6.23 Å². The maximum Gasteiger partial charge on any atom is 0.134 e. The topological polar surface area (TPSA) is 84.7 Å². The highest BCUT2D eigenvalue weighted by Gasteiger charge is 2.21. The van der Waals surface area contributed by atoms with E-state index in [1.807, 2.05) is 0 Å². The fourth-order valence-electron chi connectivity index (χ4n) is 1.61. The summed E-state index contributed by atoms with van der Waals surface area (Å²) in [5.41, 5.74) is 11.0. The molecule has 1 rings (SSSR count). The molecule has 1 saturated heterocycles. The van der Waals surface area contributed by atoms with Crippen LogP contribution in [0.4, 0.5) is 0 Å². The van der Waals surface area contributed by atoms with E-state index in [2.05, 4.69) is 4.90 Å². The Morgan fingerprint density at radius 2 is 2.00 bits per heavy atom. The molecule has 0 saturated carbocycles. The van der Waals surface area contributed by atoms with Gasteiger partial charge in [0.05, 0.1) is 13.2 Å². The van der Waals surface area contributed by atoms with Crippen LogP contribution in [0.3, 0.4) is 0 Å². The fraction of sp³-hybridized carbons (Fsp3) is 1.00. The van der Waals surface area contributed by atoms with E-state index in [0.717, 1.165) is 13.1 Å². The van der Waals surface area contributed by atoms with Gasteiger partial charge < -0.3 is 21.3 Å². The van der Waals surface area contributed by atoms with Crippen LogP contribution in [0.15, 0.2) is 0 Å². The predicted molar refractivity (Wildman–Crippen MR) is 54.7 cm³/mol. The minimum absolute atomic E-state index is 0.0251. The first-order valence-electron chi connectivity index (χ1n) is 5.20. The van der Waals surface area contributed by atoms with Crippen LogP contribution >= 0.6 is 0 Å². The molecule has 84 valence electrons. The van der Waals surface area contributed by atoms with Crippen LogP contribution in [0.25, 0.3) is 0 Å². The van der Waals surface area contributed by atoms with Gasteiger partial charge in [-0.1, -0.05) is 0 Å². The molecule has 0 aromatic rings. The van der Waals surface area contributed by atoms with E-state index in [1.54, 1.807) is 0 Å². The molecule has 5 N–H and O–H groups in total. The van der Waals surface area contributed by atoms with Crippen molar-refractivity contribution in [2.24, 2.45) is 11.5 Å². The summed E-state index contributed by atoms with van der Waals surface area (Å²) in [6.45, 7) is 2.86. The van der Waals surface area contributed by atoms with Gasteiger partial charge in [0, 0.05) is 25.7 Å². The third-order valence-electron chi connectivity index (χ3n) is 2.51. The summed E-state index contributed by atoms with van der Waals surface area (Å²) in [7, 11) is 0. The highest BCUT2D eigenvalue weighted by atomic mass is 16.5. The van der Waals surface area contributed by atoms with Gasteiger partial charge in [0.25, 0.3) is 0 Å². The molecule has 2 atom stereocenters. The molecular weight excluding hydrogens is 182 g/mol. The number of aliphatic hydroxyl groups excluding tert-OH is 1. The Morgan fingerprint density at radius 3 is 2.50 bits per heavy atom. The van der Waals surface area contributed by atoms with Crippen molar-refractivity contribution >= 4 is 0 Å². The molecule has 0 aromatic heterocycles. The first-order chi connectivity index (χ1) is 6.77. The summed E-state index contributed by atoms with van der Waals surface area (Å²) in [6.07, 6.45) is 2.17. The van der Waals surface area contributed by atoms with Gasteiger partial charge in [-0.2, -0.15) is 0 Å². The Morgan fingerprint density at radius 1 is 1.36 bits per heavy atom. The van der Waals surface area contributed by atoms with E-state index in [0.29, 0.717) is 13.2 Å². The molecule has 2 unspecified atom stereocenters. The van der Waals surface area contributed by atoms with Crippen LogP contribution in [-0.2, 0) is 4.74 Å². The first-order valence-corrected chi connectivity index (χ1v) is 5.20. The van der Waals surface area contributed by atoms with E-state index in [4.69, 9.17) is 21.3 Å². The first kappa shape index (κ1) is 11.9. The number of likely N-dealkylation sites (tertiary alicyclic amines) is 1. The number of aliphatic hydroxyl groups is 1.